The fraction of sp³-hybridized carbons (Fsp3) is 0.375. The normalized spacial score (nSPS) is 11.8. The minimum atomic E-state index is -5.19. The summed E-state index contributed by atoms with van der Waals surface area (Å²) in [5.74, 6) is -3.45. The van der Waals surface area contributed by atoms with Crippen LogP contribution < -0.4 is 4.74 Å². The van der Waals surface area contributed by atoms with Crippen molar-refractivity contribution in [2.75, 3.05) is 20.2 Å². The number of imide groups is 1. The van der Waals surface area contributed by atoms with E-state index in [1.807, 2.05) is 0 Å². The lowest BCUT2D eigenvalue weighted by Gasteiger charge is -2.31. The zero-order chi connectivity index (χ0) is 18.8. The van der Waals surface area contributed by atoms with Crippen LogP contribution in [0.2, 0.25) is 0 Å². The van der Waals surface area contributed by atoms with E-state index in [4.69, 9.17) is 9.15 Å². The van der Waals surface area contributed by atoms with Gasteiger partial charge < -0.3 is 9.15 Å². The van der Waals surface area contributed by atoms with Gasteiger partial charge in [0.15, 0.2) is 5.76 Å². The molecule has 1 aromatic carbocycles. The van der Waals surface area contributed by atoms with Crippen molar-refractivity contribution in [3.63, 3.8) is 0 Å². The Labute approximate surface area is 141 Å². The summed E-state index contributed by atoms with van der Waals surface area (Å²) in [6.45, 7) is 3.14. The van der Waals surface area contributed by atoms with Crippen LogP contribution in [0.4, 0.5) is 13.2 Å². The lowest BCUT2D eigenvalue weighted by Crippen LogP contribution is -2.54. The fourth-order valence-corrected chi connectivity index (χ4v) is 2.40. The summed E-state index contributed by atoms with van der Waals surface area (Å²) >= 11 is 0. The second-order valence-corrected chi connectivity index (χ2v) is 5.04. The highest BCUT2D eigenvalue weighted by Crippen LogP contribution is 2.30. The highest BCUT2D eigenvalue weighted by Gasteiger charge is 2.47. The van der Waals surface area contributed by atoms with Crippen LogP contribution in [0.3, 0.4) is 0 Å². The van der Waals surface area contributed by atoms with Crippen LogP contribution in [-0.4, -0.2) is 48.2 Å². The summed E-state index contributed by atoms with van der Waals surface area (Å²) in [5, 5.41) is 1.49. The van der Waals surface area contributed by atoms with Gasteiger partial charge in [-0.1, -0.05) is 19.9 Å². The number of hydrazine groups is 1. The lowest BCUT2D eigenvalue weighted by atomic mass is 10.2. The Bertz CT molecular complexity index is 781. The van der Waals surface area contributed by atoms with Gasteiger partial charge in [0.25, 0.3) is 0 Å². The molecule has 25 heavy (non-hydrogen) atoms. The molecule has 2 aromatic rings. The second-order valence-electron chi connectivity index (χ2n) is 5.04. The molecule has 0 N–H and O–H groups in total. The number of fused-ring (bicyclic) bond motifs is 1. The summed E-state index contributed by atoms with van der Waals surface area (Å²) < 4.78 is 49.2. The number of methoxy groups -OCH3 is 1. The fourth-order valence-electron chi connectivity index (χ4n) is 2.40. The molecule has 0 aliphatic carbocycles. The van der Waals surface area contributed by atoms with Crippen LogP contribution in [0.15, 0.2) is 28.7 Å². The number of nitrogens with zero attached hydrogens (tertiary/aromatic N) is 2. The van der Waals surface area contributed by atoms with Gasteiger partial charge in [-0.3, -0.25) is 9.59 Å². The third-order valence-corrected chi connectivity index (χ3v) is 3.59. The molecular weight excluding hydrogens is 341 g/mol. The standard InChI is InChI=1S/C16H17F3N2O4/c1-4-20(5-2)21(15(23)16(17,18)19)14(22)13-9-10-11(24-3)7-6-8-12(10)25-13/h6-9H,4-5H2,1-3H3. The zero-order valence-electron chi connectivity index (χ0n) is 13.9. The first-order chi connectivity index (χ1) is 11.7. The molecule has 0 saturated carbocycles. The number of halogens is 3. The van der Waals surface area contributed by atoms with Crippen LogP contribution in [0.1, 0.15) is 24.4 Å². The summed E-state index contributed by atoms with van der Waals surface area (Å²) in [6, 6.07) is 6.04. The molecule has 1 heterocycles. The van der Waals surface area contributed by atoms with Gasteiger partial charge >= 0.3 is 18.0 Å². The second kappa shape index (κ2) is 7.14. The highest BCUT2D eigenvalue weighted by molar-refractivity contribution is 6.06. The molecule has 0 spiro atoms. The quantitative estimate of drug-likeness (QED) is 0.768. The molecule has 0 saturated heterocycles. The van der Waals surface area contributed by atoms with Crippen LogP contribution in [-0.2, 0) is 4.79 Å². The van der Waals surface area contributed by atoms with E-state index < -0.39 is 18.0 Å². The molecule has 0 aliphatic heterocycles. The lowest BCUT2D eigenvalue weighted by molar-refractivity contribution is -0.195. The molecule has 0 fully saturated rings. The summed E-state index contributed by atoms with van der Waals surface area (Å²) in [4.78, 5) is 24.3. The van der Waals surface area contributed by atoms with Crippen LogP contribution in [0.25, 0.3) is 11.0 Å². The van der Waals surface area contributed by atoms with Crippen molar-refractivity contribution in [3.8, 4) is 5.75 Å². The smallest absolute Gasteiger partial charge is 0.473 e. The van der Waals surface area contributed by atoms with Crippen molar-refractivity contribution < 1.29 is 31.9 Å². The number of hydrogen-bond donors (Lipinski definition) is 0. The van der Waals surface area contributed by atoms with Gasteiger partial charge in [-0.25, -0.2) is 5.01 Å². The van der Waals surface area contributed by atoms with E-state index in [1.165, 1.54) is 27.0 Å². The van der Waals surface area contributed by atoms with Crippen molar-refractivity contribution >= 4 is 22.8 Å². The van der Waals surface area contributed by atoms with E-state index in [9.17, 15) is 22.8 Å². The third kappa shape index (κ3) is 3.60. The molecule has 6 nitrogen and oxygen atoms in total. The number of hydrogen-bond acceptors (Lipinski definition) is 5. The minimum Gasteiger partial charge on any atom is -0.496 e. The first-order valence-corrected chi connectivity index (χ1v) is 7.51. The third-order valence-electron chi connectivity index (χ3n) is 3.59. The van der Waals surface area contributed by atoms with Gasteiger partial charge in [0.2, 0.25) is 0 Å². The summed E-state index contributed by atoms with van der Waals surface area (Å²) in [6.07, 6.45) is -5.19. The van der Waals surface area contributed by atoms with E-state index in [2.05, 4.69) is 0 Å². The van der Waals surface area contributed by atoms with E-state index in [1.54, 1.807) is 18.2 Å². The maximum atomic E-state index is 12.9. The SMILES string of the molecule is CCN(CC)N(C(=O)c1cc2c(OC)cccc2o1)C(=O)C(F)(F)F. The number of benzene rings is 1. The van der Waals surface area contributed by atoms with E-state index in [0.29, 0.717) is 11.1 Å². The number of ether oxygens (including phenoxy) is 1. The first kappa shape index (κ1) is 18.8. The number of carbonyl (C=O) groups excluding carboxylic acids is 2. The molecule has 0 bridgehead atoms. The minimum absolute atomic E-state index is 0.0353. The van der Waals surface area contributed by atoms with Gasteiger partial charge in [0.1, 0.15) is 11.3 Å². The largest absolute Gasteiger partial charge is 0.496 e. The zero-order valence-corrected chi connectivity index (χ0v) is 13.9. The Morgan fingerprint density at radius 1 is 1.20 bits per heavy atom. The first-order valence-electron chi connectivity index (χ1n) is 7.51. The molecule has 2 rings (SSSR count). The molecule has 0 unspecified atom stereocenters. The average Bonchev–Trinajstić information content (AvgIpc) is 3.01. The van der Waals surface area contributed by atoms with Crippen LogP contribution >= 0.6 is 0 Å². The predicted molar refractivity (Wildman–Crippen MR) is 82.9 cm³/mol. The van der Waals surface area contributed by atoms with E-state index >= 15 is 0 Å². The molecular formula is C16H17F3N2O4. The Hall–Kier alpha value is -2.55. The monoisotopic (exact) mass is 358 g/mol. The number of alkyl halides is 3. The van der Waals surface area contributed by atoms with Gasteiger partial charge in [0.05, 0.1) is 12.5 Å². The number of rotatable bonds is 5. The van der Waals surface area contributed by atoms with Crippen molar-refractivity contribution in [3.05, 3.63) is 30.0 Å². The molecule has 136 valence electrons. The molecule has 0 atom stereocenters. The molecule has 1 aromatic heterocycles. The molecule has 2 amide bonds. The van der Waals surface area contributed by atoms with Crippen molar-refractivity contribution in [1.29, 1.82) is 0 Å². The van der Waals surface area contributed by atoms with E-state index in [-0.39, 0.29) is 29.4 Å². The van der Waals surface area contributed by atoms with Gasteiger partial charge in [0, 0.05) is 19.2 Å². The molecule has 9 heteroatoms. The number of carbonyl (C=O) groups is 2. The Balaban J connectivity index is 2.51. The Kier molecular flexibility index (Phi) is 5.36. The van der Waals surface area contributed by atoms with Crippen molar-refractivity contribution in [2.24, 2.45) is 0 Å². The Morgan fingerprint density at radius 3 is 2.36 bits per heavy atom. The highest BCUT2D eigenvalue weighted by atomic mass is 19.4. The van der Waals surface area contributed by atoms with Crippen LogP contribution in [0.5, 0.6) is 5.75 Å². The van der Waals surface area contributed by atoms with E-state index in [0.717, 1.165) is 5.01 Å². The Morgan fingerprint density at radius 2 is 1.84 bits per heavy atom. The number of furan rings is 1. The summed E-state index contributed by atoms with van der Waals surface area (Å²) in [7, 11) is 1.42. The maximum Gasteiger partial charge on any atom is 0.473 e. The van der Waals surface area contributed by atoms with Gasteiger partial charge in [-0.15, -0.1) is 0 Å². The number of amides is 2. The molecule has 0 aliphatic rings. The van der Waals surface area contributed by atoms with Crippen molar-refractivity contribution in [2.45, 2.75) is 20.0 Å². The average molecular weight is 358 g/mol. The van der Waals surface area contributed by atoms with Gasteiger partial charge in [-0.05, 0) is 12.1 Å². The van der Waals surface area contributed by atoms with Crippen molar-refractivity contribution in [1.82, 2.24) is 10.0 Å². The summed E-state index contributed by atoms with van der Waals surface area (Å²) in [5.41, 5.74) is 0.265. The molecule has 0 radical (unpaired) electrons. The predicted octanol–water partition coefficient (Wildman–Crippen LogP) is 3.23. The van der Waals surface area contributed by atoms with Crippen LogP contribution in [0, 0.1) is 0 Å². The maximum absolute atomic E-state index is 12.9. The topological polar surface area (TPSA) is 63.0 Å². The van der Waals surface area contributed by atoms with Gasteiger partial charge in [-0.2, -0.15) is 18.2 Å².